The Bertz CT molecular complexity index is 816. The van der Waals surface area contributed by atoms with Crippen LogP contribution < -0.4 is 15.8 Å². The van der Waals surface area contributed by atoms with Crippen LogP contribution in [0.2, 0.25) is 0 Å². The van der Waals surface area contributed by atoms with E-state index in [0.717, 1.165) is 17.7 Å². The van der Waals surface area contributed by atoms with E-state index in [1.54, 1.807) is 18.2 Å². The quantitative estimate of drug-likeness (QED) is 0.850. The Kier molecular flexibility index (Phi) is 4.74. The van der Waals surface area contributed by atoms with E-state index in [4.69, 9.17) is 10.5 Å². The average molecular weight is 338 g/mol. The van der Waals surface area contributed by atoms with Gasteiger partial charge in [0.25, 0.3) is 5.91 Å². The number of ether oxygens (including phenoxy) is 1. The summed E-state index contributed by atoms with van der Waals surface area (Å²) in [5.41, 5.74) is 9.19. The molecular weight excluding hydrogens is 316 g/mol. The van der Waals surface area contributed by atoms with Gasteiger partial charge in [0.1, 0.15) is 5.75 Å². The molecule has 2 amide bonds. The lowest BCUT2D eigenvalue weighted by Gasteiger charge is -2.11. The second-order valence-corrected chi connectivity index (χ2v) is 6.53. The Morgan fingerprint density at radius 2 is 1.92 bits per heavy atom. The molecule has 0 radical (unpaired) electrons. The SMILES string of the molecule is Cc1cc(OCC(N)=O)ccc1NC(=O)C1CC1c1ccccc1C. The summed E-state index contributed by atoms with van der Waals surface area (Å²) in [4.78, 5) is 23.3. The Labute approximate surface area is 147 Å². The average Bonchev–Trinajstić information content (AvgIpc) is 3.36. The van der Waals surface area contributed by atoms with Crippen LogP contribution in [0.5, 0.6) is 5.75 Å². The zero-order valence-corrected chi connectivity index (χ0v) is 14.4. The van der Waals surface area contributed by atoms with Crippen molar-refractivity contribution in [3.63, 3.8) is 0 Å². The van der Waals surface area contributed by atoms with E-state index in [9.17, 15) is 9.59 Å². The van der Waals surface area contributed by atoms with Crippen LogP contribution in [0, 0.1) is 19.8 Å². The Morgan fingerprint density at radius 3 is 2.60 bits per heavy atom. The van der Waals surface area contributed by atoms with Crippen LogP contribution in [0.3, 0.4) is 0 Å². The van der Waals surface area contributed by atoms with Gasteiger partial charge in [0.2, 0.25) is 5.91 Å². The topological polar surface area (TPSA) is 81.4 Å². The lowest BCUT2D eigenvalue weighted by Crippen LogP contribution is -2.20. The highest BCUT2D eigenvalue weighted by Gasteiger charge is 2.44. The van der Waals surface area contributed by atoms with Crippen molar-refractivity contribution < 1.29 is 14.3 Å². The van der Waals surface area contributed by atoms with E-state index in [2.05, 4.69) is 24.4 Å². The second kappa shape index (κ2) is 6.97. The van der Waals surface area contributed by atoms with Gasteiger partial charge in [-0.3, -0.25) is 9.59 Å². The first-order valence-corrected chi connectivity index (χ1v) is 8.34. The van der Waals surface area contributed by atoms with E-state index in [0.29, 0.717) is 11.7 Å². The molecule has 1 saturated carbocycles. The molecule has 5 heteroatoms. The smallest absolute Gasteiger partial charge is 0.255 e. The second-order valence-electron chi connectivity index (χ2n) is 6.53. The van der Waals surface area contributed by atoms with Gasteiger partial charge in [0.15, 0.2) is 6.61 Å². The molecule has 130 valence electrons. The fourth-order valence-electron chi connectivity index (χ4n) is 3.08. The molecule has 5 nitrogen and oxygen atoms in total. The summed E-state index contributed by atoms with van der Waals surface area (Å²) in [7, 11) is 0. The lowest BCUT2D eigenvalue weighted by atomic mass is 10.0. The molecule has 0 bridgehead atoms. The summed E-state index contributed by atoms with van der Waals surface area (Å²) in [6, 6.07) is 13.5. The minimum Gasteiger partial charge on any atom is -0.484 e. The summed E-state index contributed by atoms with van der Waals surface area (Å²) in [5.74, 6) is 0.401. The highest BCUT2D eigenvalue weighted by Crippen LogP contribution is 2.49. The number of hydrogen-bond donors (Lipinski definition) is 2. The molecule has 1 fully saturated rings. The summed E-state index contributed by atoms with van der Waals surface area (Å²) >= 11 is 0. The molecule has 3 rings (SSSR count). The van der Waals surface area contributed by atoms with E-state index in [-0.39, 0.29) is 18.4 Å². The predicted octanol–water partition coefficient (Wildman–Crippen LogP) is 2.91. The summed E-state index contributed by atoms with van der Waals surface area (Å²) < 4.78 is 5.27. The van der Waals surface area contributed by atoms with Crippen LogP contribution in [-0.4, -0.2) is 18.4 Å². The third kappa shape index (κ3) is 3.99. The number of carbonyl (C=O) groups is 2. The molecular formula is C20H22N2O3. The number of hydrogen-bond acceptors (Lipinski definition) is 3. The minimum absolute atomic E-state index is 0.0197. The van der Waals surface area contributed by atoms with Crippen LogP contribution in [0.25, 0.3) is 0 Å². The summed E-state index contributed by atoms with van der Waals surface area (Å²) in [6.45, 7) is 3.81. The van der Waals surface area contributed by atoms with Crippen molar-refractivity contribution in [3.05, 3.63) is 59.2 Å². The zero-order valence-electron chi connectivity index (χ0n) is 14.4. The molecule has 2 aromatic carbocycles. The van der Waals surface area contributed by atoms with Crippen molar-refractivity contribution in [1.82, 2.24) is 0 Å². The van der Waals surface area contributed by atoms with Gasteiger partial charge in [-0.1, -0.05) is 24.3 Å². The number of anilines is 1. The number of primary amides is 1. The van der Waals surface area contributed by atoms with Gasteiger partial charge in [0.05, 0.1) is 0 Å². The summed E-state index contributed by atoms with van der Waals surface area (Å²) in [5, 5.41) is 3.00. The van der Waals surface area contributed by atoms with E-state index in [1.807, 2.05) is 19.1 Å². The van der Waals surface area contributed by atoms with E-state index in [1.165, 1.54) is 11.1 Å². The third-order valence-electron chi connectivity index (χ3n) is 4.55. The molecule has 0 heterocycles. The first-order chi connectivity index (χ1) is 12.0. The van der Waals surface area contributed by atoms with Gasteiger partial charge in [-0.25, -0.2) is 0 Å². The number of nitrogens with two attached hydrogens (primary N) is 1. The molecule has 25 heavy (non-hydrogen) atoms. The van der Waals surface area contributed by atoms with Crippen LogP contribution >= 0.6 is 0 Å². The minimum atomic E-state index is -0.522. The first kappa shape index (κ1) is 17.0. The molecule has 3 N–H and O–H groups in total. The van der Waals surface area contributed by atoms with Gasteiger partial charge in [0, 0.05) is 11.6 Å². The zero-order chi connectivity index (χ0) is 18.0. The van der Waals surface area contributed by atoms with Crippen molar-refractivity contribution in [1.29, 1.82) is 0 Å². The Hall–Kier alpha value is -2.82. The van der Waals surface area contributed by atoms with Crippen molar-refractivity contribution >= 4 is 17.5 Å². The molecule has 2 aromatic rings. The van der Waals surface area contributed by atoms with Crippen LogP contribution in [0.15, 0.2) is 42.5 Å². The monoisotopic (exact) mass is 338 g/mol. The van der Waals surface area contributed by atoms with Gasteiger partial charge >= 0.3 is 0 Å². The van der Waals surface area contributed by atoms with Gasteiger partial charge in [-0.15, -0.1) is 0 Å². The molecule has 0 aliphatic heterocycles. The van der Waals surface area contributed by atoms with Crippen molar-refractivity contribution in [2.24, 2.45) is 11.7 Å². The summed E-state index contributed by atoms with van der Waals surface area (Å²) in [6.07, 6.45) is 0.884. The maximum absolute atomic E-state index is 12.5. The predicted molar refractivity (Wildman–Crippen MR) is 96.5 cm³/mol. The van der Waals surface area contributed by atoms with Crippen molar-refractivity contribution in [2.45, 2.75) is 26.2 Å². The van der Waals surface area contributed by atoms with Crippen LogP contribution in [-0.2, 0) is 9.59 Å². The van der Waals surface area contributed by atoms with Gasteiger partial charge in [-0.2, -0.15) is 0 Å². The first-order valence-electron chi connectivity index (χ1n) is 8.34. The number of carbonyl (C=O) groups excluding carboxylic acids is 2. The molecule has 0 spiro atoms. The van der Waals surface area contributed by atoms with Crippen molar-refractivity contribution in [2.75, 3.05) is 11.9 Å². The number of nitrogens with one attached hydrogen (secondary N) is 1. The van der Waals surface area contributed by atoms with E-state index >= 15 is 0 Å². The standard InChI is InChI=1S/C20H22N2O3/c1-12-5-3-4-6-15(12)16-10-17(16)20(24)22-18-8-7-14(9-13(18)2)25-11-19(21)23/h3-9,16-17H,10-11H2,1-2H3,(H2,21,23)(H,22,24). The van der Waals surface area contributed by atoms with E-state index < -0.39 is 5.91 Å². The molecule has 1 aliphatic rings. The van der Waals surface area contributed by atoms with Crippen LogP contribution in [0.4, 0.5) is 5.69 Å². The molecule has 1 aliphatic carbocycles. The number of aryl methyl sites for hydroxylation is 2. The van der Waals surface area contributed by atoms with Gasteiger partial charge in [-0.05, 0) is 61.1 Å². The molecule has 0 aromatic heterocycles. The normalized spacial score (nSPS) is 18.5. The maximum atomic E-state index is 12.5. The molecule has 0 saturated heterocycles. The number of amides is 2. The fraction of sp³-hybridized carbons (Fsp3) is 0.300. The number of benzene rings is 2. The van der Waals surface area contributed by atoms with Gasteiger partial charge < -0.3 is 15.8 Å². The number of rotatable bonds is 6. The Morgan fingerprint density at radius 1 is 1.16 bits per heavy atom. The lowest BCUT2D eigenvalue weighted by molar-refractivity contribution is -0.120. The largest absolute Gasteiger partial charge is 0.484 e. The Balaban J connectivity index is 1.62. The molecule has 2 atom stereocenters. The van der Waals surface area contributed by atoms with Crippen molar-refractivity contribution in [3.8, 4) is 5.75 Å². The third-order valence-corrected chi connectivity index (χ3v) is 4.55. The maximum Gasteiger partial charge on any atom is 0.255 e. The highest BCUT2D eigenvalue weighted by molar-refractivity contribution is 5.96. The molecule has 2 unspecified atom stereocenters. The van der Waals surface area contributed by atoms with Crippen LogP contribution in [0.1, 0.15) is 29.0 Å². The highest BCUT2D eigenvalue weighted by atomic mass is 16.5. The fourth-order valence-corrected chi connectivity index (χ4v) is 3.08.